The molecular formula is C17H21N3O4S2. The van der Waals surface area contributed by atoms with Gasteiger partial charge >= 0.3 is 0 Å². The van der Waals surface area contributed by atoms with Gasteiger partial charge in [0, 0.05) is 16.9 Å². The van der Waals surface area contributed by atoms with E-state index < -0.39 is 0 Å². The summed E-state index contributed by atoms with van der Waals surface area (Å²) in [5.74, 6) is 1.20. The molecule has 9 heteroatoms. The topological polar surface area (TPSA) is 82.6 Å². The summed E-state index contributed by atoms with van der Waals surface area (Å²) in [6.45, 7) is 4.15. The van der Waals surface area contributed by atoms with E-state index in [1.54, 1.807) is 37.1 Å². The van der Waals surface area contributed by atoms with Crippen LogP contribution in [0.1, 0.15) is 19.4 Å². The molecule has 7 nitrogen and oxygen atoms in total. The molecule has 2 aromatic rings. The van der Waals surface area contributed by atoms with Gasteiger partial charge in [-0.05, 0) is 18.2 Å². The SMILES string of the molecule is COc1ccc(/C=C/C(=O)Nc2nnc(SC(C)C)s2)c(OC)c1OC. The maximum Gasteiger partial charge on any atom is 0.250 e. The number of anilines is 1. The lowest BCUT2D eigenvalue weighted by Crippen LogP contribution is -2.07. The molecule has 140 valence electrons. The van der Waals surface area contributed by atoms with Crippen LogP contribution in [0.4, 0.5) is 5.13 Å². The zero-order chi connectivity index (χ0) is 19.1. The predicted octanol–water partition coefficient (Wildman–Crippen LogP) is 3.72. The number of aromatic nitrogens is 2. The zero-order valence-corrected chi connectivity index (χ0v) is 16.9. The van der Waals surface area contributed by atoms with Gasteiger partial charge in [0.2, 0.25) is 16.8 Å². The van der Waals surface area contributed by atoms with Crippen LogP contribution in [0.2, 0.25) is 0 Å². The fourth-order valence-electron chi connectivity index (χ4n) is 2.08. The van der Waals surface area contributed by atoms with Crippen molar-refractivity contribution in [2.75, 3.05) is 26.6 Å². The molecule has 0 saturated heterocycles. The summed E-state index contributed by atoms with van der Waals surface area (Å²) >= 11 is 2.95. The number of benzene rings is 1. The molecule has 0 unspecified atom stereocenters. The second kappa shape index (κ2) is 9.44. The van der Waals surface area contributed by atoms with Crippen molar-refractivity contribution < 1.29 is 19.0 Å². The summed E-state index contributed by atoms with van der Waals surface area (Å²) in [5, 5.41) is 11.6. The van der Waals surface area contributed by atoms with Crippen LogP contribution in [0.15, 0.2) is 22.5 Å². The number of thioether (sulfide) groups is 1. The first-order valence-corrected chi connectivity index (χ1v) is 9.46. The van der Waals surface area contributed by atoms with Crippen LogP contribution in [0.5, 0.6) is 17.2 Å². The first kappa shape index (κ1) is 20.1. The minimum Gasteiger partial charge on any atom is -0.493 e. The number of nitrogens with zero attached hydrogens (tertiary/aromatic N) is 2. The van der Waals surface area contributed by atoms with Crippen molar-refractivity contribution in [3.63, 3.8) is 0 Å². The predicted molar refractivity (Wildman–Crippen MR) is 105 cm³/mol. The molecule has 0 aliphatic carbocycles. The summed E-state index contributed by atoms with van der Waals surface area (Å²) in [4.78, 5) is 12.1. The number of rotatable bonds is 8. The Balaban J connectivity index is 2.11. The van der Waals surface area contributed by atoms with E-state index in [4.69, 9.17) is 14.2 Å². The Morgan fingerprint density at radius 2 is 1.88 bits per heavy atom. The average Bonchev–Trinajstić information content (AvgIpc) is 3.04. The van der Waals surface area contributed by atoms with Crippen molar-refractivity contribution >= 4 is 40.2 Å². The van der Waals surface area contributed by atoms with Crippen LogP contribution in [0.25, 0.3) is 6.08 Å². The van der Waals surface area contributed by atoms with E-state index in [0.717, 1.165) is 4.34 Å². The van der Waals surface area contributed by atoms with E-state index in [2.05, 4.69) is 29.4 Å². The molecule has 1 aromatic heterocycles. The Hall–Kier alpha value is -2.26. The lowest BCUT2D eigenvalue weighted by Gasteiger charge is -2.13. The molecule has 0 saturated carbocycles. The van der Waals surface area contributed by atoms with Gasteiger partial charge in [-0.15, -0.1) is 10.2 Å². The first-order valence-electron chi connectivity index (χ1n) is 7.76. The van der Waals surface area contributed by atoms with Crippen LogP contribution in [-0.2, 0) is 4.79 Å². The van der Waals surface area contributed by atoms with Gasteiger partial charge < -0.3 is 14.2 Å². The van der Waals surface area contributed by atoms with Crippen LogP contribution < -0.4 is 19.5 Å². The van der Waals surface area contributed by atoms with Gasteiger partial charge in [-0.3, -0.25) is 10.1 Å². The van der Waals surface area contributed by atoms with Crippen LogP contribution in [-0.4, -0.2) is 42.7 Å². The van der Waals surface area contributed by atoms with Gasteiger partial charge in [0.1, 0.15) is 0 Å². The second-order valence-corrected chi connectivity index (χ2v) is 8.09. The molecule has 0 atom stereocenters. The highest BCUT2D eigenvalue weighted by Crippen LogP contribution is 2.40. The maximum absolute atomic E-state index is 12.1. The number of methoxy groups -OCH3 is 3. The summed E-state index contributed by atoms with van der Waals surface area (Å²) in [7, 11) is 4.61. The first-order chi connectivity index (χ1) is 12.5. The van der Waals surface area contributed by atoms with Gasteiger partial charge in [0.05, 0.1) is 21.3 Å². The highest BCUT2D eigenvalue weighted by atomic mass is 32.2. The molecule has 1 N–H and O–H groups in total. The Bertz CT molecular complexity index is 790. The normalized spacial score (nSPS) is 11.0. The van der Waals surface area contributed by atoms with Crippen LogP contribution in [0, 0.1) is 0 Å². The molecule has 0 bridgehead atoms. The van der Waals surface area contributed by atoms with Crippen molar-refractivity contribution in [1.82, 2.24) is 10.2 Å². The minimum absolute atomic E-state index is 0.306. The van der Waals surface area contributed by atoms with Gasteiger partial charge in [-0.2, -0.15) is 0 Å². The minimum atomic E-state index is -0.306. The molecule has 0 spiro atoms. The van der Waals surface area contributed by atoms with Crippen molar-refractivity contribution in [1.29, 1.82) is 0 Å². The monoisotopic (exact) mass is 395 g/mol. The van der Waals surface area contributed by atoms with Crippen molar-refractivity contribution in [3.8, 4) is 17.2 Å². The number of hydrogen-bond acceptors (Lipinski definition) is 8. The van der Waals surface area contributed by atoms with E-state index in [1.165, 1.54) is 31.6 Å². The largest absolute Gasteiger partial charge is 0.493 e. The Kier molecular flexibility index (Phi) is 7.28. The third-order valence-electron chi connectivity index (χ3n) is 3.12. The number of ether oxygens (including phenoxy) is 3. The summed E-state index contributed by atoms with van der Waals surface area (Å²) < 4.78 is 16.8. The maximum atomic E-state index is 12.1. The van der Waals surface area contributed by atoms with E-state index in [0.29, 0.717) is 33.2 Å². The highest BCUT2D eigenvalue weighted by Gasteiger charge is 2.14. The Labute approximate surface area is 160 Å². The molecule has 0 radical (unpaired) electrons. The molecular weight excluding hydrogens is 374 g/mol. The van der Waals surface area contributed by atoms with Crippen molar-refractivity contribution in [2.45, 2.75) is 23.4 Å². The number of nitrogens with one attached hydrogen (secondary N) is 1. The van der Waals surface area contributed by atoms with E-state index in [1.807, 2.05) is 0 Å². The molecule has 0 fully saturated rings. The molecule has 26 heavy (non-hydrogen) atoms. The zero-order valence-electron chi connectivity index (χ0n) is 15.2. The van der Waals surface area contributed by atoms with E-state index >= 15 is 0 Å². The Morgan fingerprint density at radius 3 is 2.50 bits per heavy atom. The molecule has 1 aromatic carbocycles. The van der Waals surface area contributed by atoms with Crippen LogP contribution >= 0.6 is 23.1 Å². The average molecular weight is 396 g/mol. The smallest absolute Gasteiger partial charge is 0.250 e. The number of amides is 1. The van der Waals surface area contributed by atoms with Gasteiger partial charge in [0.15, 0.2) is 15.8 Å². The molecule has 2 rings (SSSR count). The third kappa shape index (κ3) is 5.12. The lowest BCUT2D eigenvalue weighted by atomic mass is 10.1. The van der Waals surface area contributed by atoms with E-state index in [9.17, 15) is 4.79 Å². The highest BCUT2D eigenvalue weighted by molar-refractivity contribution is 8.01. The van der Waals surface area contributed by atoms with Gasteiger partial charge in [-0.1, -0.05) is 36.9 Å². The molecule has 0 aliphatic heterocycles. The molecule has 1 amide bonds. The number of hydrogen-bond donors (Lipinski definition) is 1. The van der Waals surface area contributed by atoms with Crippen molar-refractivity contribution in [3.05, 3.63) is 23.8 Å². The summed E-state index contributed by atoms with van der Waals surface area (Å²) in [5.41, 5.74) is 0.689. The molecule has 1 heterocycles. The van der Waals surface area contributed by atoms with Gasteiger partial charge in [-0.25, -0.2) is 0 Å². The lowest BCUT2D eigenvalue weighted by molar-refractivity contribution is -0.111. The third-order valence-corrected chi connectivity index (χ3v) is 5.05. The van der Waals surface area contributed by atoms with Crippen LogP contribution in [0.3, 0.4) is 0 Å². The fourth-order valence-corrected chi connectivity index (χ4v) is 4.06. The molecule has 0 aliphatic rings. The standard InChI is InChI=1S/C17H21N3O4S2/c1-10(2)25-17-20-19-16(26-17)18-13(21)9-7-11-6-8-12(22-3)15(24-5)14(11)23-4/h6-10H,1-5H3,(H,18,19,21)/b9-7+. The second-order valence-electron chi connectivity index (χ2n) is 5.29. The number of carbonyl (C=O) groups excluding carboxylic acids is 1. The number of carbonyl (C=O) groups is 1. The quantitative estimate of drug-likeness (QED) is 0.414. The van der Waals surface area contributed by atoms with Crippen molar-refractivity contribution in [2.24, 2.45) is 0 Å². The van der Waals surface area contributed by atoms with Gasteiger partial charge in [0.25, 0.3) is 0 Å². The summed E-state index contributed by atoms with van der Waals surface area (Å²) in [6, 6.07) is 3.53. The van der Waals surface area contributed by atoms with E-state index in [-0.39, 0.29) is 5.91 Å². The summed E-state index contributed by atoms with van der Waals surface area (Å²) in [6.07, 6.45) is 3.04. The fraction of sp³-hybridized carbons (Fsp3) is 0.353. The Morgan fingerprint density at radius 1 is 1.15 bits per heavy atom.